The van der Waals surface area contributed by atoms with Crippen LogP contribution in [0.4, 0.5) is 10.6 Å². The van der Waals surface area contributed by atoms with Gasteiger partial charge in [0, 0.05) is 24.4 Å². The van der Waals surface area contributed by atoms with E-state index in [2.05, 4.69) is 49.9 Å². The number of fused-ring (bicyclic) bond motifs is 4. The average molecular weight is 607 g/mol. The summed E-state index contributed by atoms with van der Waals surface area (Å²) in [4.78, 5) is 38.4. The van der Waals surface area contributed by atoms with E-state index < -0.39 is 30.4 Å². The largest absolute Gasteiger partial charge is 0.449 e. The Morgan fingerprint density at radius 3 is 2.36 bits per heavy atom. The van der Waals surface area contributed by atoms with Crippen LogP contribution in [-0.2, 0) is 16.0 Å². The van der Waals surface area contributed by atoms with Gasteiger partial charge in [-0.25, -0.2) is 19.7 Å². The summed E-state index contributed by atoms with van der Waals surface area (Å²) in [6.07, 6.45) is 0.505. The van der Waals surface area contributed by atoms with E-state index in [0.29, 0.717) is 16.7 Å². The number of carbonyl (C=O) groups is 2. The molecule has 1 aliphatic heterocycles. The number of imidazole rings is 1. The van der Waals surface area contributed by atoms with E-state index in [1.54, 1.807) is 28.8 Å². The Morgan fingerprint density at radius 2 is 1.67 bits per heavy atom. The number of carbonyl (C=O) groups excluding carboxylic acids is 2. The molecule has 12 heteroatoms. The van der Waals surface area contributed by atoms with Gasteiger partial charge in [-0.1, -0.05) is 60.7 Å². The van der Waals surface area contributed by atoms with Crippen LogP contribution in [0, 0.1) is 0 Å². The van der Waals surface area contributed by atoms with Crippen LogP contribution < -0.4 is 10.6 Å². The van der Waals surface area contributed by atoms with Gasteiger partial charge in [0.1, 0.15) is 25.3 Å². The summed E-state index contributed by atoms with van der Waals surface area (Å²) in [5.74, 6) is -0.191. The summed E-state index contributed by atoms with van der Waals surface area (Å²) >= 11 is 0. The molecular formula is C33H30N6O6. The van der Waals surface area contributed by atoms with Gasteiger partial charge < -0.3 is 30.3 Å². The van der Waals surface area contributed by atoms with E-state index in [1.165, 1.54) is 23.8 Å². The molecule has 0 bridgehead atoms. The number of alkyl carbamates (subject to hydrolysis) is 1. The maximum atomic E-state index is 13.0. The molecule has 0 spiro atoms. The fraction of sp³-hybridized carbons (Fsp3) is 0.242. The van der Waals surface area contributed by atoms with Crippen LogP contribution in [0.5, 0.6) is 0 Å². The summed E-state index contributed by atoms with van der Waals surface area (Å²) in [5, 5.41) is 25.1. The van der Waals surface area contributed by atoms with Crippen molar-refractivity contribution in [2.45, 2.75) is 37.3 Å². The Bertz CT molecular complexity index is 1830. The van der Waals surface area contributed by atoms with Crippen molar-refractivity contribution >= 4 is 29.0 Å². The first-order valence-electron chi connectivity index (χ1n) is 14.6. The topological polar surface area (TPSA) is 161 Å². The van der Waals surface area contributed by atoms with Crippen molar-refractivity contribution in [2.75, 3.05) is 18.5 Å². The Morgan fingerprint density at radius 1 is 0.956 bits per heavy atom. The highest BCUT2D eigenvalue weighted by Gasteiger charge is 2.35. The highest BCUT2D eigenvalue weighted by Crippen LogP contribution is 2.44. The van der Waals surface area contributed by atoms with Gasteiger partial charge >= 0.3 is 6.09 Å². The number of hydrogen-bond donors (Lipinski definition) is 4. The van der Waals surface area contributed by atoms with Crippen molar-refractivity contribution in [3.63, 3.8) is 0 Å². The molecule has 2 amide bonds. The van der Waals surface area contributed by atoms with Gasteiger partial charge in [-0.2, -0.15) is 0 Å². The third kappa shape index (κ3) is 5.50. The number of aliphatic hydroxyl groups excluding tert-OH is 2. The lowest BCUT2D eigenvalue weighted by Crippen LogP contribution is -2.25. The van der Waals surface area contributed by atoms with Crippen LogP contribution in [0.1, 0.15) is 45.6 Å². The number of benzene rings is 3. The van der Waals surface area contributed by atoms with Crippen molar-refractivity contribution in [3.8, 4) is 11.1 Å². The third-order valence-corrected chi connectivity index (χ3v) is 8.28. The number of aromatic nitrogens is 4. The molecule has 45 heavy (non-hydrogen) atoms. The number of hydrogen-bond acceptors (Lipinski definition) is 9. The molecule has 12 nitrogen and oxygen atoms in total. The average Bonchev–Trinajstić information content (AvgIpc) is 3.76. The maximum absolute atomic E-state index is 13.0. The first-order valence-corrected chi connectivity index (χ1v) is 14.6. The zero-order valence-electron chi connectivity index (χ0n) is 24.0. The van der Waals surface area contributed by atoms with E-state index in [-0.39, 0.29) is 37.9 Å². The number of nitrogens with zero attached hydrogens (tertiary/aromatic N) is 4. The van der Waals surface area contributed by atoms with Gasteiger partial charge in [0.2, 0.25) is 0 Å². The van der Waals surface area contributed by atoms with Gasteiger partial charge in [-0.3, -0.25) is 9.36 Å². The molecule has 3 atom stereocenters. The number of ether oxygens (including phenoxy) is 2. The van der Waals surface area contributed by atoms with Gasteiger partial charge in [-0.05, 0) is 39.9 Å². The number of nitrogens with one attached hydrogen (secondary N) is 2. The van der Waals surface area contributed by atoms with Gasteiger partial charge in [0.05, 0.1) is 19.0 Å². The third-order valence-electron chi connectivity index (χ3n) is 8.28. The van der Waals surface area contributed by atoms with Gasteiger partial charge in [0.25, 0.3) is 5.91 Å². The second-order valence-corrected chi connectivity index (χ2v) is 11.0. The molecule has 3 aromatic carbocycles. The van der Waals surface area contributed by atoms with Crippen LogP contribution >= 0.6 is 0 Å². The standard InChI is InChI=1S/C33H30N6O6/c40-15-27-26(41)13-28(45-27)39-18-37-29-30(35-17-36-31(29)39)38-32(42)20-11-9-19(10-12-20)14-34-33(43)44-16-25-23-7-3-1-5-21(23)22-6-2-4-8-24(22)25/h1-12,17-18,25-28,40-41H,13-16H2,(H,34,43)(H,35,36,38,42)/t26?,27?,28-/m1/s1. The van der Waals surface area contributed by atoms with Crippen LogP contribution in [0.2, 0.25) is 0 Å². The fourth-order valence-corrected chi connectivity index (χ4v) is 5.98. The summed E-state index contributed by atoms with van der Waals surface area (Å²) in [6, 6.07) is 23.2. The van der Waals surface area contributed by atoms with Crippen molar-refractivity contribution in [2.24, 2.45) is 0 Å². The zero-order chi connectivity index (χ0) is 30.9. The number of anilines is 1. The Balaban J connectivity index is 0.946. The summed E-state index contributed by atoms with van der Waals surface area (Å²) in [5.41, 5.74) is 6.60. The lowest BCUT2D eigenvalue weighted by atomic mass is 9.98. The first-order chi connectivity index (χ1) is 22.0. The maximum Gasteiger partial charge on any atom is 0.407 e. The van der Waals surface area contributed by atoms with Crippen LogP contribution in [0.25, 0.3) is 22.3 Å². The number of amides is 2. The van der Waals surface area contributed by atoms with Crippen molar-refractivity contribution < 1.29 is 29.3 Å². The molecule has 0 saturated carbocycles. The highest BCUT2D eigenvalue weighted by atomic mass is 16.6. The predicted molar refractivity (Wildman–Crippen MR) is 163 cm³/mol. The van der Waals surface area contributed by atoms with Crippen molar-refractivity contribution in [3.05, 3.63) is 108 Å². The number of rotatable bonds is 8. The van der Waals surface area contributed by atoms with Crippen molar-refractivity contribution in [1.29, 1.82) is 0 Å². The van der Waals surface area contributed by atoms with E-state index in [9.17, 15) is 19.8 Å². The zero-order valence-corrected chi connectivity index (χ0v) is 24.0. The summed E-state index contributed by atoms with van der Waals surface area (Å²) < 4.78 is 13.0. The molecule has 1 aliphatic carbocycles. The molecule has 2 aliphatic rings. The first kappa shape index (κ1) is 28.6. The Hall–Kier alpha value is -5.17. The minimum atomic E-state index is -0.810. The molecule has 5 aromatic rings. The Kier molecular flexibility index (Phi) is 7.67. The molecule has 1 fully saturated rings. The van der Waals surface area contributed by atoms with Crippen LogP contribution in [0.15, 0.2) is 85.5 Å². The molecule has 3 heterocycles. The molecule has 2 aromatic heterocycles. The molecule has 7 rings (SSSR count). The molecule has 4 N–H and O–H groups in total. The molecule has 2 unspecified atom stereocenters. The van der Waals surface area contributed by atoms with E-state index in [0.717, 1.165) is 16.7 Å². The molecule has 228 valence electrons. The second kappa shape index (κ2) is 12.1. The monoisotopic (exact) mass is 606 g/mol. The quantitative estimate of drug-likeness (QED) is 0.206. The highest BCUT2D eigenvalue weighted by molar-refractivity contribution is 6.06. The smallest absolute Gasteiger partial charge is 0.407 e. The van der Waals surface area contributed by atoms with E-state index in [4.69, 9.17) is 9.47 Å². The van der Waals surface area contributed by atoms with E-state index >= 15 is 0 Å². The minimum Gasteiger partial charge on any atom is -0.449 e. The van der Waals surface area contributed by atoms with Gasteiger partial charge in [0.15, 0.2) is 17.0 Å². The van der Waals surface area contributed by atoms with Crippen LogP contribution in [-0.4, -0.2) is 67.2 Å². The summed E-state index contributed by atoms with van der Waals surface area (Å²) in [7, 11) is 0. The summed E-state index contributed by atoms with van der Waals surface area (Å²) in [6.45, 7) is 0.161. The minimum absolute atomic E-state index is 0.0200. The van der Waals surface area contributed by atoms with Crippen LogP contribution in [0.3, 0.4) is 0 Å². The fourth-order valence-electron chi connectivity index (χ4n) is 5.98. The lowest BCUT2D eigenvalue weighted by Gasteiger charge is -2.14. The molecular weight excluding hydrogens is 576 g/mol. The Labute approximate surface area is 257 Å². The molecule has 1 saturated heterocycles. The lowest BCUT2D eigenvalue weighted by molar-refractivity contribution is -0.0432. The number of aliphatic hydroxyl groups is 2. The normalized spacial score (nSPS) is 18.8. The van der Waals surface area contributed by atoms with Gasteiger partial charge in [-0.15, -0.1) is 0 Å². The SMILES string of the molecule is O=C(NCc1ccc(C(=O)Nc2ncnc3c2ncn3[C@H]2CC(O)C(CO)O2)cc1)OCC1c2ccccc2-c2ccccc21. The second-order valence-electron chi connectivity index (χ2n) is 11.0. The predicted octanol–water partition coefficient (Wildman–Crippen LogP) is 3.76. The van der Waals surface area contributed by atoms with Crippen molar-refractivity contribution in [1.82, 2.24) is 24.8 Å². The molecule has 0 radical (unpaired) electrons. The van der Waals surface area contributed by atoms with E-state index in [1.807, 2.05) is 24.3 Å².